The Kier molecular flexibility index (Phi) is 3.20. The molecule has 0 atom stereocenters. The Balaban J connectivity index is 1.95. The molecule has 96 valence electrons. The summed E-state index contributed by atoms with van der Waals surface area (Å²) in [5.41, 5.74) is 1.27. The molecule has 1 aliphatic carbocycles. The van der Waals surface area contributed by atoms with Gasteiger partial charge in [-0.3, -0.25) is 0 Å². The summed E-state index contributed by atoms with van der Waals surface area (Å²) in [7, 11) is 0. The van der Waals surface area contributed by atoms with Crippen molar-refractivity contribution in [3.05, 3.63) is 16.8 Å². The normalized spacial score (nSPS) is 17.2. The third kappa shape index (κ3) is 2.09. The summed E-state index contributed by atoms with van der Waals surface area (Å²) in [5, 5.41) is 1.12. The fourth-order valence-corrected chi connectivity index (χ4v) is 3.57. The van der Waals surface area contributed by atoms with Crippen molar-refractivity contribution in [2.45, 2.75) is 52.1 Å². The maximum Gasteiger partial charge on any atom is 0.225 e. The maximum atomic E-state index is 6.12. The van der Waals surface area contributed by atoms with E-state index in [9.17, 15) is 0 Å². The van der Waals surface area contributed by atoms with Crippen molar-refractivity contribution in [1.82, 2.24) is 9.97 Å². The predicted octanol–water partition coefficient (Wildman–Crippen LogP) is 4.02. The van der Waals surface area contributed by atoms with E-state index >= 15 is 0 Å². The average molecular weight is 262 g/mol. The van der Waals surface area contributed by atoms with Crippen LogP contribution in [0.25, 0.3) is 10.2 Å². The molecule has 1 saturated carbocycles. The van der Waals surface area contributed by atoms with Gasteiger partial charge in [-0.25, -0.2) is 9.97 Å². The van der Waals surface area contributed by atoms with Crippen LogP contribution in [-0.4, -0.2) is 16.1 Å². The molecule has 2 aromatic heterocycles. The molecule has 0 aromatic carbocycles. The molecular formula is C14H18N2OS. The second kappa shape index (κ2) is 4.84. The average Bonchev–Trinajstić information content (AvgIpc) is 2.67. The number of rotatable bonds is 2. The molecule has 18 heavy (non-hydrogen) atoms. The van der Waals surface area contributed by atoms with Crippen molar-refractivity contribution < 1.29 is 4.74 Å². The molecular weight excluding hydrogens is 244 g/mol. The van der Waals surface area contributed by atoms with E-state index in [0.29, 0.717) is 6.10 Å². The summed E-state index contributed by atoms with van der Waals surface area (Å²) >= 11 is 1.72. The second-order valence-corrected chi connectivity index (χ2v) is 6.22. The van der Waals surface area contributed by atoms with Gasteiger partial charge in [-0.05, 0) is 45.1 Å². The molecule has 1 fully saturated rings. The fraction of sp³-hybridized carbons (Fsp3) is 0.571. The van der Waals surface area contributed by atoms with Gasteiger partial charge in [0.25, 0.3) is 0 Å². The van der Waals surface area contributed by atoms with Crippen LogP contribution >= 0.6 is 11.3 Å². The summed E-state index contributed by atoms with van der Waals surface area (Å²) in [5.74, 6) is 0.786. The van der Waals surface area contributed by atoms with E-state index in [4.69, 9.17) is 4.74 Å². The molecule has 0 amide bonds. The van der Waals surface area contributed by atoms with E-state index in [1.165, 1.54) is 29.7 Å². The van der Waals surface area contributed by atoms with Gasteiger partial charge in [0.15, 0.2) is 0 Å². The van der Waals surface area contributed by atoms with Crippen molar-refractivity contribution >= 4 is 21.6 Å². The number of aryl methyl sites for hydroxylation is 2. The van der Waals surface area contributed by atoms with E-state index in [2.05, 4.69) is 23.8 Å². The Bertz CT molecular complexity index is 558. The molecule has 0 radical (unpaired) electrons. The molecule has 4 heteroatoms. The minimum Gasteiger partial charge on any atom is -0.474 e. The van der Waals surface area contributed by atoms with Crippen LogP contribution in [-0.2, 0) is 0 Å². The number of aromatic nitrogens is 2. The van der Waals surface area contributed by atoms with E-state index in [-0.39, 0.29) is 0 Å². The fourth-order valence-electron chi connectivity index (χ4n) is 2.58. The molecule has 2 aromatic rings. The molecule has 0 N–H and O–H groups in total. The van der Waals surface area contributed by atoms with E-state index in [0.717, 1.165) is 28.9 Å². The highest BCUT2D eigenvalue weighted by molar-refractivity contribution is 7.18. The molecule has 1 aliphatic rings. The van der Waals surface area contributed by atoms with Gasteiger partial charge in [0.05, 0.1) is 5.39 Å². The summed E-state index contributed by atoms with van der Waals surface area (Å²) in [6.45, 7) is 4.26. The summed E-state index contributed by atoms with van der Waals surface area (Å²) in [6, 6.07) is 0. The van der Waals surface area contributed by atoms with Crippen molar-refractivity contribution in [2.24, 2.45) is 0 Å². The van der Waals surface area contributed by atoms with Gasteiger partial charge < -0.3 is 4.74 Å². The van der Waals surface area contributed by atoms with Crippen molar-refractivity contribution in [3.8, 4) is 5.88 Å². The Morgan fingerprint density at radius 1 is 1.17 bits per heavy atom. The van der Waals surface area contributed by atoms with Crippen LogP contribution in [0.5, 0.6) is 5.88 Å². The maximum absolute atomic E-state index is 6.12. The number of hydrogen-bond acceptors (Lipinski definition) is 4. The molecule has 0 spiro atoms. The number of ether oxygens (including phenoxy) is 1. The largest absolute Gasteiger partial charge is 0.474 e. The van der Waals surface area contributed by atoms with Crippen molar-refractivity contribution in [1.29, 1.82) is 0 Å². The SMILES string of the molecule is Cc1sc2ncnc(OC3CCCCC3)c2c1C. The topological polar surface area (TPSA) is 35.0 Å². The van der Waals surface area contributed by atoms with Crippen LogP contribution in [0.2, 0.25) is 0 Å². The lowest BCUT2D eigenvalue weighted by Gasteiger charge is -2.22. The molecule has 2 heterocycles. The lowest BCUT2D eigenvalue weighted by atomic mass is 9.98. The standard InChI is InChI=1S/C14H18N2OS/c1-9-10(2)18-14-12(9)13(15-8-16-14)17-11-6-4-3-5-7-11/h8,11H,3-7H2,1-2H3. The lowest BCUT2D eigenvalue weighted by Crippen LogP contribution is -2.20. The first-order chi connectivity index (χ1) is 8.75. The first-order valence-corrected chi connectivity index (χ1v) is 7.44. The summed E-state index contributed by atoms with van der Waals surface area (Å²) < 4.78 is 6.12. The van der Waals surface area contributed by atoms with Crippen molar-refractivity contribution in [2.75, 3.05) is 0 Å². The van der Waals surface area contributed by atoms with Crippen LogP contribution < -0.4 is 4.74 Å². The smallest absolute Gasteiger partial charge is 0.225 e. The predicted molar refractivity (Wildman–Crippen MR) is 74.4 cm³/mol. The third-order valence-corrected chi connectivity index (χ3v) is 4.88. The minimum absolute atomic E-state index is 0.344. The highest BCUT2D eigenvalue weighted by Crippen LogP contribution is 2.35. The van der Waals surface area contributed by atoms with Gasteiger partial charge in [0, 0.05) is 4.88 Å². The van der Waals surface area contributed by atoms with Crippen LogP contribution in [0.15, 0.2) is 6.33 Å². The van der Waals surface area contributed by atoms with E-state index in [1.807, 2.05) is 0 Å². The highest BCUT2D eigenvalue weighted by Gasteiger charge is 2.19. The van der Waals surface area contributed by atoms with Crippen molar-refractivity contribution in [3.63, 3.8) is 0 Å². The van der Waals surface area contributed by atoms with Gasteiger partial charge in [-0.1, -0.05) is 6.42 Å². The lowest BCUT2D eigenvalue weighted by molar-refractivity contribution is 0.151. The highest BCUT2D eigenvalue weighted by atomic mass is 32.1. The summed E-state index contributed by atoms with van der Waals surface area (Å²) in [4.78, 5) is 11.0. The van der Waals surface area contributed by atoms with Crippen LogP contribution in [0.1, 0.15) is 42.5 Å². The van der Waals surface area contributed by atoms with Crippen LogP contribution in [0.4, 0.5) is 0 Å². The Hall–Kier alpha value is -1.16. The quantitative estimate of drug-likeness (QED) is 0.820. The molecule has 0 aliphatic heterocycles. The first kappa shape index (κ1) is 11.9. The third-order valence-electron chi connectivity index (χ3n) is 3.76. The summed E-state index contributed by atoms with van der Waals surface area (Å²) in [6.07, 6.45) is 8.19. The zero-order valence-corrected chi connectivity index (χ0v) is 11.7. The Morgan fingerprint density at radius 3 is 2.72 bits per heavy atom. The molecule has 3 nitrogen and oxygen atoms in total. The minimum atomic E-state index is 0.344. The zero-order chi connectivity index (χ0) is 12.5. The zero-order valence-electron chi connectivity index (χ0n) is 10.9. The van der Waals surface area contributed by atoms with Crippen LogP contribution in [0.3, 0.4) is 0 Å². The van der Waals surface area contributed by atoms with Crippen LogP contribution in [0, 0.1) is 13.8 Å². The Morgan fingerprint density at radius 2 is 1.94 bits per heavy atom. The van der Waals surface area contributed by atoms with Gasteiger partial charge in [0.1, 0.15) is 17.3 Å². The van der Waals surface area contributed by atoms with E-state index in [1.54, 1.807) is 17.7 Å². The number of nitrogens with zero attached hydrogens (tertiary/aromatic N) is 2. The van der Waals surface area contributed by atoms with E-state index < -0.39 is 0 Å². The number of hydrogen-bond donors (Lipinski definition) is 0. The van der Waals surface area contributed by atoms with Gasteiger partial charge in [0.2, 0.25) is 5.88 Å². The monoisotopic (exact) mass is 262 g/mol. The second-order valence-electron chi connectivity index (χ2n) is 5.02. The molecule has 0 bridgehead atoms. The molecule has 0 saturated heterocycles. The molecule has 3 rings (SSSR count). The van der Waals surface area contributed by atoms with Gasteiger partial charge in [-0.2, -0.15) is 0 Å². The first-order valence-electron chi connectivity index (χ1n) is 6.63. The van der Waals surface area contributed by atoms with Gasteiger partial charge >= 0.3 is 0 Å². The number of fused-ring (bicyclic) bond motifs is 1. The van der Waals surface area contributed by atoms with Gasteiger partial charge in [-0.15, -0.1) is 11.3 Å². The Labute approximate surface area is 111 Å². The number of thiophene rings is 1. The molecule has 0 unspecified atom stereocenters.